The highest BCUT2D eigenvalue weighted by atomic mass is 16.5. The molecular formula is C23H21N3O3. The molecule has 0 aliphatic carbocycles. The van der Waals surface area contributed by atoms with Gasteiger partial charge >= 0.3 is 0 Å². The average molecular weight is 387 g/mol. The van der Waals surface area contributed by atoms with Gasteiger partial charge < -0.3 is 14.5 Å². The number of nitrogens with zero attached hydrogens (tertiary/aromatic N) is 2. The van der Waals surface area contributed by atoms with Gasteiger partial charge in [-0.25, -0.2) is 4.98 Å². The number of hydrogen-bond donors (Lipinski definition) is 1. The predicted molar refractivity (Wildman–Crippen MR) is 110 cm³/mol. The molecule has 1 amide bonds. The monoisotopic (exact) mass is 387 g/mol. The van der Waals surface area contributed by atoms with Crippen LogP contribution in [0.3, 0.4) is 0 Å². The Bertz CT molecular complexity index is 1140. The van der Waals surface area contributed by atoms with Crippen molar-refractivity contribution in [3.05, 3.63) is 78.4 Å². The third kappa shape index (κ3) is 4.43. The third-order valence-corrected chi connectivity index (χ3v) is 4.51. The van der Waals surface area contributed by atoms with Gasteiger partial charge in [0.15, 0.2) is 6.10 Å². The number of benzene rings is 2. The number of aromatic nitrogens is 2. The van der Waals surface area contributed by atoms with Gasteiger partial charge in [0.05, 0.1) is 29.5 Å². The summed E-state index contributed by atoms with van der Waals surface area (Å²) < 4.78 is 11.2. The number of nitrogens with one attached hydrogen (secondary N) is 1. The molecule has 2 aromatic carbocycles. The summed E-state index contributed by atoms with van der Waals surface area (Å²) >= 11 is 0. The van der Waals surface area contributed by atoms with Gasteiger partial charge in [-0.15, -0.1) is 0 Å². The topological polar surface area (TPSA) is 77.2 Å². The molecule has 1 N–H and O–H groups in total. The van der Waals surface area contributed by atoms with E-state index in [1.807, 2.05) is 67.6 Å². The van der Waals surface area contributed by atoms with Crippen LogP contribution in [0, 0.1) is 6.92 Å². The van der Waals surface area contributed by atoms with E-state index in [0.29, 0.717) is 18.1 Å². The molecule has 4 aromatic rings. The van der Waals surface area contributed by atoms with Crippen LogP contribution in [-0.4, -0.2) is 22.0 Å². The number of carbonyl (C=O) groups is 1. The van der Waals surface area contributed by atoms with E-state index in [1.54, 1.807) is 13.1 Å². The van der Waals surface area contributed by atoms with Crippen LogP contribution in [0.25, 0.3) is 22.3 Å². The number of aryl methyl sites for hydroxylation is 1. The maximum Gasteiger partial charge on any atom is 0.261 e. The van der Waals surface area contributed by atoms with Crippen LogP contribution < -0.4 is 10.1 Å². The fraction of sp³-hybridized carbons (Fsp3) is 0.174. The Morgan fingerprint density at radius 1 is 1.07 bits per heavy atom. The highest BCUT2D eigenvalue weighted by molar-refractivity contribution is 5.80. The van der Waals surface area contributed by atoms with Gasteiger partial charge in [0.2, 0.25) is 0 Å². The first-order valence-electron chi connectivity index (χ1n) is 9.40. The normalized spacial score (nSPS) is 11.9. The van der Waals surface area contributed by atoms with Crippen molar-refractivity contribution in [2.45, 2.75) is 26.5 Å². The van der Waals surface area contributed by atoms with Crippen molar-refractivity contribution in [2.75, 3.05) is 0 Å². The lowest BCUT2D eigenvalue weighted by molar-refractivity contribution is -0.127. The lowest BCUT2D eigenvalue weighted by Crippen LogP contribution is -2.35. The first kappa shape index (κ1) is 18.7. The minimum absolute atomic E-state index is 0.205. The summed E-state index contributed by atoms with van der Waals surface area (Å²) in [7, 11) is 0. The summed E-state index contributed by atoms with van der Waals surface area (Å²) in [5.74, 6) is 1.93. The smallest absolute Gasteiger partial charge is 0.261 e. The Morgan fingerprint density at radius 2 is 1.83 bits per heavy atom. The van der Waals surface area contributed by atoms with Gasteiger partial charge in [-0.1, -0.05) is 12.1 Å². The number of hydrogen-bond acceptors (Lipinski definition) is 5. The molecule has 2 heterocycles. The van der Waals surface area contributed by atoms with E-state index >= 15 is 0 Å². The molecule has 29 heavy (non-hydrogen) atoms. The van der Waals surface area contributed by atoms with E-state index in [1.165, 1.54) is 0 Å². The first-order valence-corrected chi connectivity index (χ1v) is 9.40. The highest BCUT2D eigenvalue weighted by Crippen LogP contribution is 2.22. The minimum atomic E-state index is -0.627. The maximum atomic E-state index is 12.2. The maximum absolute atomic E-state index is 12.2. The van der Waals surface area contributed by atoms with E-state index in [9.17, 15) is 4.79 Å². The average Bonchev–Trinajstić information content (AvgIpc) is 3.17. The minimum Gasteiger partial charge on any atom is -0.481 e. The zero-order chi connectivity index (χ0) is 20.2. The first-order chi connectivity index (χ1) is 14.1. The Morgan fingerprint density at radius 3 is 2.55 bits per heavy atom. The Balaban J connectivity index is 1.38. The van der Waals surface area contributed by atoms with E-state index in [-0.39, 0.29) is 5.91 Å². The molecule has 0 radical (unpaired) electrons. The van der Waals surface area contributed by atoms with Crippen molar-refractivity contribution in [2.24, 2.45) is 0 Å². The summed E-state index contributed by atoms with van der Waals surface area (Å²) in [6.07, 6.45) is 1.13. The number of carbonyl (C=O) groups excluding carboxylic acids is 1. The fourth-order valence-corrected chi connectivity index (χ4v) is 2.96. The Labute approximate surface area is 168 Å². The van der Waals surface area contributed by atoms with Crippen molar-refractivity contribution >= 4 is 16.9 Å². The van der Waals surface area contributed by atoms with Crippen LogP contribution in [0.4, 0.5) is 0 Å². The number of para-hydroxylation sites is 2. The van der Waals surface area contributed by atoms with E-state index < -0.39 is 6.10 Å². The third-order valence-electron chi connectivity index (χ3n) is 4.51. The van der Waals surface area contributed by atoms with E-state index in [0.717, 1.165) is 28.1 Å². The number of amides is 1. The molecule has 0 bridgehead atoms. The summed E-state index contributed by atoms with van der Waals surface area (Å²) in [6, 6.07) is 18.9. The van der Waals surface area contributed by atoms with Gasteiger partial charge in [-0.05, 0) is 62.4 Å². The Hall–Kier alpha value is -3.67. The Kier molecular flexibility index (Phi) is 5.24. The molecule has 0 unspecified atom stereocenters. The quantitative estimate of drug-likeness (QED) is 0.534. The molecule has 0 fully saturated rings. The molecule has 1 atom stereocenters. The number of furan rings is 1. The van der Waals surface area contributed by atoms with Gasteiger partial charge in [0, 0.05) is 5.56 Å². The lowest BCUT2D eigenvalue weighted by Gasteiger charge is -2.14. The summed E-state index contributed by atoms with van der Waals surface area (Å²) in [5.41, 5.74) is 3.43. The number of fused-ring (bicyclic) bond motifs is 1. The largest absolute Gasteiger partial charge is 0.481 e. The highest BCUT2D eigenvalue weighted by Gasteiger charge is 2.15. The summed E-state index contributed by atoms with van der Waals surface area (Å²) in [6.45, 7) is 3.91. The molecule has 146 valence electrons. The molecule has 6 heteroatoms. The number of rotatable bonds is 6. The molecule has 6 nitrogen and oxygen atoms in total. The van der Waals surface area contributed by atoms with Crippen LogP contribution >= 0.6 is 0 Å². The lowest BCUT2D eigenvalue weighted by atomic mass is 10.1. The molecule has 2 aromatic heterocycles. The zero-order valence-corrected chi connectivity index (χ0v) is 16.3. The molecular weight excluding hydrogens is 366 g/mol. The summed E-state index contributed by atoms with van der Waals surface area (Å²) in [5, 5.41) is 2.81. The molecule has 0 aliphatic heterocycles. The van der Waals surface area contributed by atoms with Crippen LogP contribution in [0.2, 0.25) is 0 Å². The van der Waals surface area contributed by atoms with Crippen molar-refractivity contribution in [1.29, 1.82) is 0 Å². The predicted octanol–water partition coefficient (Wildman–Crippen LogP) is 4.28. The SMILES string of the molecule is Cc1ccc(CNC(=O)[C@H](C)Oc2ccc(-c3cnc4ccccc4n3)cc2)o1. The molecule has 0 saturated carbocycles. The molecule has 4 rings (SSSR count). The second kappa shape index (κ2) is 8.14. The standard InChI is InChI=1S/C23H21N3O3/c1-15-7-10-19(28-15)13-25-23(27)16(2)29-18-11-8-17(9-12-18)22-14-24-20-5-3-4-6-21(20)26-22/h3-12,14,16H,13H2,1-2H3,(H,25,27)/t16-/m0/s1. The van der Waals surface area contributed by atoms with Crippen molar-refractivity contribution in [3.8, 4) is 17.0 Å². The molecule has 0 spiro atoms. The van der Waals surface area contributed by atoms with Crippen LogP contribution in [0.5, 0.6) is 5.75 Å². The fourth-order valence-electron chi connectivity index (χ4n) is 2.96. The van der Waals surface area contributed by atoms with Crippen molar-refractivity contribution in [1.82, 2.24) is 15.3 Å². The van der Waals surface area contributed by atoms with Crippen LogP contribution in [0.15, 0.2) is 71.3 Å². The second-order valence-corrected chi connectivity index (χ2v) is 6.76. The van der Waals surface area contributed by atoms with Crippen LogP contribution in [-0.2, 0) is 11.3 Å². The number of ether oxygens (including phenoxy) is 1. The van der Waals surface area contributed by atoms with E-state index in [2.05, 4.69) is 15.3 Å². The van der Waals surface area contributed by atoms with Crippen LogP contribution in [0.1, 0.15) is 18.4 Å². The van der Waals surface area contributed by atoms with Gasteiger partial charge in [-0.2, -0.15) is 0 Å². The molecule has 0 saturated heterocycles. The summed E-state index contributed by atoms with van der Waals surface area (Å²) in [4.78, 5) is 21.3. The van der Waals surface area contributed by atoms with Gasteiger partial charge in [0.1, 0.15) is 17.3 Å². The van der Waals surface area contributed by atoms with Gasteiger partial charge in [0.25, 0.3) is 5.91 Å². The zero-order valence-electron chi connectivity index (χ0n) is 16.3. The van der Waals surface area contributed by atoms with Crippen molar-refractivity contribution in [3.63, 3.8) is 0 Å². The van der Waals surface area contributed by atoms with E-state index in [4.69, 9.17) is 9.15 Å². The second-order valence-electron chi connectivity index (χ2n) is 6.76. The van der Waals surface area contributed by atoms with Gasteiger partial charge in [-0.3, -0.25) is 9.78 Å². The van der Waals surface area contributed by atoms with Crippen molar-refractivity contribution < 1.29 is 13.9 Å². The molecule has 0 aliphatic rings.